The van der Waals surface area contributed by atoms with E-state index in [0.29, 0.717) is 18.4 Å². The molecule has 0 saturated heterocycles. The van der Waals surface area contributed by atoms with Gasteiger partial charge in [0.2, 0.25) is 5.91 Å². The first-order valence-electron chi connectivity index (χ1n) is 9.95. The summed E-state index contributed by atoms with van der Waals surface area (Å²) in [7, 11) is 0. The standard InChI is InChI=1S/C23H32N2O/c1-17(2)19(4)25(23(26)21-10-6-11-21)16-22-12-7-13-24(22)15-20-9-5-8-18(3)14-20/h5,7-9,12-14,17,19,21H,6,10-11,15-16H2,1-4H3/t19-/m0/s1. The lowest BCUT2D eigenvalue weighted by Crippen LogP contribution is -2.45. The molecule has 140 valence electrons. The van der Waals surface area contributed by atoms with Crippen molar-refractivity contribution in [2.45, 2.75) is 66.1 Å². The van der Waals surface area contributed by atoms with E-state index in [0.717, 1.165) is 19.4 Å². The summed E-state index contributed by atoms with van der Waals surface area (Å²) in [5.74, 6) is 1.05. The highest BCUT2D eigenvalue weighted by Crippen LogP contribution is 2.30. The molecule has 1 aromatic carbocycles. The number of nitrogens with zero attached hydrogens (tertiary/aromatic N) is 2. The smallest absolute Gasteiger partial charge is 0.226 e. The van der Waals surface area contributed by atoms with Crippen LogP contribution in [0.2, 0.25) is 0 Å². The Morgan fingerprint density at radius 1 is 1.19 bits per heavy atom. The lowest BCUT2D eigenvalue weighted by molar-refractivity contribution is -0.142. The van der Waals surface area contributed by atoms with Gasteiger partial charge in [0, 0.05) is 30.4 Å². The second-order valence-electron chi connectivity index (χ2n) is 8.20. The SMILES string of the molecule is Cc1cccc(Cn2cccc2CN(C(=O)C2CCC2)[C@@H](C)C(C)C)c1. The number of carbonyl (C=O) groups excluding carboxylic acids is 1. The van der Waals surface area contributed by atoms with Crippen LogP contribution in [0, 0.1) is 18.8 Å². The lowest BCUT2D eigenvalue weighted by atomic mass is 9.83. The summed E-state index contributed by atoms with van der Waals surface area (Å²) < 4.78 is 2.28. The number of rotatable bonds is 7. The Morgan fingerprint density at radius 3 is 2.58 bits per heavy atom. The van der Waals surface area contributed by atoms with Gasteiger partial charge in [-0.25, -0.2) is 0 Å². The third-order valence-corrected chi connectivity index (χ3v) is 5.89. The van der Waals surface area contributed by atoms with Gasteiger partial charge in [-0.05, 0) is 50.3 Å². The van der Waals surface area contributed by atoms with Crippen molar-refractivity contribution in [1.82, 2.24) is 9.47 Å². The van der Waals surface area contributed by atoms with E-state index in [1.54, 1.807) is 0 Å². The molecule has 2 aromatic rings. The highest BCUT2D eigenvalue weighted by molar-refractivity contribution is 5.79. The number of aryl methyl sites for hydroxylation is 1. The average molecular weight is 353 g/mol. The van der Waals surface area contributed by atoms with Crippen molar-refractivity contribution < 1.29 is 4.79 Å². The van der Waals surface area contributed by atoms with E-state index in [2.05, 4.69) is 79.8 Å². The first kappa shape index (κ1) is 18.8. The van der Waals surface area contributed by atoms with Gasteiger partial charge in [0.1, 0.15) is 0 Å². The third-order valence-electron chi connectivity index (χ3n) is 5.89. The van der Waals surface area contributed by atoms with Gasteiger partial charge in [0.05, 0.1) is 6.54 Å². The minimum Gasteiger partial charge on any atom is -0.345 e. The quantitative estimate of drug-likeness (QED) is 0.687. The molecule has 0 aliphatic heterocycles. The van der Waals surface area contributed by atoms with Crippen molar-refractivity contribution in [3.63, 3.8) is 0 Å². The zero-order valence-corrected chi connectivity index (χ0v) is 16.6. The van der Waals surface area contributed by atoms with E-state index in [9.17, 15) is 4.79 Å². The number of aromatic nitrogens is 1. The van der Waals surface area contributed by atoms with Crippen LogP contribution in [0.25, 0.3) is 0 Å². The van der Waals surface area contributed by atoms with E-state index >= 15 is 0 Å². The third kappa shape index (κ3) is 4.20. The summed E-state index contributed by atoms with van der Waals surface area (Å²) in [5, 5.41) is 0. The predicted octanol–water partition coefficient (Wildman–Crippen LogP) is 5.02. The van der Waals surface area contributed by atoms with Gasteiger partial charge in [0.25, 0.3) is 0 Å². The highest BCUT2D eigenvalue weighted by atomic mass is 16.2. The number of hydrogen-bond acceptors (Lipinski definition) is 1. The molecule has 0 unspecified atom stereocenters. The van der Waals surface area contributed by atoms with Gasteiger partial charge in [-0.2, -0.15) is 0 Å². The summed E-state index contributed by atoms with van der Waals surface area (Å²) in [4.78, 5) is 15.2. The average Bonchev–Trinajstić information content (AvgIpc) is 2.97. The molecular weight excluding hydrogens is 320 g/mol. The number of carbonyl (C=O) groups is 1. The topological polar surface area (TPSA) is 25.2 Å². The van der Waals surface area contributed by atoms with Crippen LogP contribution in [-0.2, 0) is 17.9 Å². The van der Waals surface area contributed by atoms with Crippen molar-refractivity contribution in [3.8, 4) is 0 Å². The lowest BCUT2D eigenvalue weighted by Gasteiger charge is -2.37. The van der Waals surface area contributed by atoms with Gasteiger partial charge in [-0.1, -0.05) is 50.1 Å². The Balaban J connectivity index is 1.78. The molecule has 1 atom stereocenters. The molecule has 1 aliphatic carbocycles. The fourth-order valence-corrected chi connectivity index (χ4v) is 3.60. The maximum absolute atomic E-state index is 13.0. The monoisotopic (exact) mass is 352 g/mol. The molecule has 0 spiro atoms. The van der Waals surface area contributed by atoms with Crippen molar-refractivity contribution in [1.29, 1.82) is 0 Å². The molecule has 0 bridgehead atoms. The van der Waals surface area contributed by atoms with Crippen LogP contribution in [0.5, 0.6) is 0 Å². The molecule has 1 amide bonds. The van der Waals surface area contributed by atoms with Gasteiger partial charge < -0.3 is 9.47 Å². The molecule has 1 heterocycles. The van der Waals surface area contributed by atoms with Gasteiger partial charge in [0.15, 0.2) is 0 Å². The van der Waals surface area contributed by atoms with E-state index in [-0.39, 0.29) is 12.0 Å². The molecule has 3 nitrogen and oxygen atoms in total. The Labute approximate surface area is 158 Å². The Bertz CT molecular complexity index is 742. The molecular formula is C23H32N2O. The van der Waals surface area contributed by atoms with Crippen molar-refractivity contribution in [2.24, 2.45) is 11.8 Å². The normalized spacial score (nSPS) is 15.7. The Morgan fingerprint density at radius 2 is 1.96 bits per heavy atom. The van der Waals surface area contributed by atoms with Crippen LogP contribution in [0.15, 0.2) is 42.6 Å². The van der Waals surface area contributed by atoms with Crippen LogP contribution in [0.1, 0.15) is 56.9 Å². The van der Waals surface area contributed by atoms with Crippen LogP contribution in [0.3, 0.4) is 0 Å². The second kappa shape index (κ2) is 8.11. The van der Waals surface area contributed by atoms with Gasteiger partial charge in [-0.15, -0.1) is 0 Å². The molecule has 3 rings (SSSR count). The summed E-state index contributed by atoms with van der Waals surface area (Å²) in [5.41, 5.74) is 3.80. The van der Waals surface area contributed by atoms with Crippen LogP contribution in [-0.4, -0.2) is 21.4 Å². The predicted molar refractivity (Wildman–Crippen MR) is 107 cm³/mol. The minimum absolute atomic E-state index is 0.247. The molecule has 3 heteroatoms. The van der Waals surface area contributed by atoms with Crippen molar-refractivity contribution in [2.75, 3.05) is 0 Å². The number of hydrogen-bond donors (Lipinski definition) is 0. The molecule has 1 aliphatic rings. The van der Waals surface area contributed by atoms with Gasteiger partial charge >= 0.3 is 0 Å². The molecule has 0 N–H and O–H groups in total. The molecule has 1 aromatic heterocycles. The fraction of sp³-hybridized carbons (Fsp3) is 0.522. The maximum Gasteiger partial charge on any atom is 0.226 e. The largest absolute Gasteiger partial charge is 0.345 e. The number of amides is 1. The summed E-state index contributed by atoms with van der Waals surface area (Å²) in [6.07, 6.45) is 5.45. The Hall–Kier alpha value is -2.03. The van der Waals surface area contributed by atoms with Crippen LogP contribution in [0.4, 0.5) is 0 Å². The minimum atomic E-state index is 0.247. The van der Waals surface area contributed by atoms with E-state index in [1.807, 2.05) is 0 Å². The summed E-state index contributed by atoms with van der Waals surface area (Å²) in [6.45, 7) is 10.3. The van der Waals surface area contributed by atoms with Crippen LogP contribution < -0.4 is 0 Å². The first-order chi connectivity index (χ1) is 12.5. The van der Waals surface area contributed by atoms with E-state index in [4.69, 9.17) is 0 Å². The zero-order chi connectivity index (χ0) is 18.7. The maximum atomic E-state index is 13.0. The highest BCUT2D eigenvalue weighted by Gasteiger charge is 2.32. The fourth-order valence-electron chi connectivity index (χ4n) is 3.60. The first-order valence-corrected chi connectivity index (χ1v) is 9.95. The van der Waals surface area contributed by atoms with Crippen molar-refractivity contribution in [3.05, 3.63) is 59.4 Å². The van der Waals surface area contributed by atoms with Crippen molar-refractivity contribution >= 4 is 5.91 Å². The molecule has 26 heavy (non-hydrogen) atoms. The molecule has 1 fully saturated rings. The van der Waals surface area contributed by atoms with E-state index in [1.165, 1.54) is 23.2 Å². The molecule has 0 radical (unpaired) electrons. The summed E-state index contributed by atoms with van der Waals surface area (Å²) in [6, 6.07) is 13.2. The van der Waals surface area contributed by atoms with Gasteiger partial charge in [-0.3, -0.25) is 4.79 Å². The summed E-state index contributed by atoms with van der Waals surface area (Å²) >= 11 is 0. The number of benzene rings is 1. The molecule has 1 saturated carbocycles. The second-order valence-corrected chi connectivity index (χ2v) is 8.20. The van der Waals surface area contributed by atoms with Crippen LogP contribution >= 0.6 is 0 Å². The Kier molecular flexibility index (Phi) is 5.85. The zero-order valence-electron chi connectivity index (χ0n) is 16.6. The van der Waals surface area contributed by atoms with E-state index < -0.39 is 0 Å².